The van der Waals surface area contributed by atoms with Crippen molar-refractivity contribution in [2.24, 2.45) is 5.92 Å². The molecule has 2 atom stereocenters. The maximum atomic E-state index is 10.1. The van der Waals surface area contributed by atoms with Gasteiger partial charge in [-0.05, 0) is 6.42 Å². The van der Waals surface area contributed by atoms with Crippen LogP contribution in [0.25, 0.3) is 0 Å². The lowest BCUT2D eigenvalue weighted by molar-refractivity contribution is -0.909. The molecule has 5 heteroatoms. The summed E-state index contributed by atoms with van der Waals surface area (Å²) < 4.78 is 1.74. The van der Waals surface area contributed by atoms with Crippen molar-refractivity contribution < 1.29 is 38.9 Å². The van der Waals surface area contributed by atoms with E-state index in [1.165, 1.54) is 6.42 Å². The van der Waals surface area contributed by atoms with Crippen molar-refractivity contribution >= 4 is 0 Å². The average molecular weight is 303 g/mol. The molecule has 114 valence electrons. The minimum atomic E-state index is -0.209. The maximum Gasteiger partial charge on any atom is 0.152 e. The first-order valence-corrected chi connectivity index (χ1v) is 6.36. The first kappa shape index (κ1) is 23.5. The van der Waals surface area contributed by atoms with Gasteiger partial charge in [0, 0.05) is 5.92 Å². The predicted molar refractivity (Wildman–Crippen MR) is 70.2 cm³/mol. The second kappa shape index (κ2) is 9.38. The molecular weight excluding hydrogens is 271 g/mol. The van der Waals surface area contributed by atoms with E-state index in [1.807, 2.05) is 0 Å². The quantitative estimate of drug-likeness (QED) is 0.468. The Bertz CT molecular complexity index is 206. The van der Waals surface area contributed by atoms with Crippen LogP contribution in [0.4, 0.5) is 0 Å². The van der Waals surface area contributed by atoms with Crippen LogP contribution in [0.1, 0.15) is 20.3 Å². The van der Waals surface area contributed by atoms with Crippen molar-refractivity contribution in [3.05, 3.63) is 0 Å². The van der Waals surface area contributed by atoms with Crippen LogP contribution in [0.3, 0.4) is 0 Å². The molecule has 0 bridgehead atoms. The van der Waals surface area contributed by atoms with Gasteiger partial charge in [-0.25, -0.2) is 0 Å². The summed E-state index contributed by atoms with van der Waals surface area (Å²) in [7, 11) is 10.8. The lowest BCUT2D eigenvalue weighted by Gasteiger charge is -2.35. The summed E-state index contributed by atoms with van der Waals surface area (Å²) in [6, 6.07) is 0. The number of quaternary nitrogens is 2. The molecule has 0 amide bonds. The summed E-state index contributed by atoms with van der Waals surface area (Å²) in [6.45, 7) is 7.33. The van der Waals surface area contributed by atoms with Crippen LogP contribution >= 0.6 is 0 Å². The van der Waals surface area contributed by atoms with Crippen molar-refractivity contribution in [3.8, 4) is 0 Å². The zero-order valence-electron chi connectivity index (χ0n) is 13.1. The Labute approximate surface area is 126 Å². The number of likely N-dealkylation sites (N-methyl/N-ethyl adjacent to an activating group) is 2. The van der Waals surface area contributed by atoms with Crippen LogP contribution < -0.4 is 24.8 Å². The normalized spacial score (nSPS) is 15.3. The molecule has 18 heavy (non-hydrogen) atoms. The molecule has 0 aromatic carbocycles. The molecule has 0 aromatic heterocycles. The van der Waals surface area contributed by atoms with E-state index in [2.05, 4.69) is 49.1 Å². The maximum absolute atomic E-state index is 10.1. The smallest absolute Gasteiger partial charge is 0.152 e. The van der Waals surface area contributed by atoms with Crippen molar-refractivity contribution in [1.82, 2.24) is 0 Å². The van der Waals surface area contributed by atoms with Gasteiger partial charge in [0.05, 0.1) is 41.8 Å². The fourth-order valence-electron chi connectivity index (χ4n) is 2.31. The Morgan fingerprint density at radius 3 is 1.67 bits per heavy atom. The molecule has 0 fully saturated rings. The monoisotopic (exact) mass is 302 g/mol. The molecule has 0 aliphatic carbocycles. The highest BCUT2D eigenvalue weighted by Crippen LogP contribution is 2.10. The van der Waals surface area contributed by atoms with Crippen LogP contribution in [0.15, 0.2) is 0 Å². The van der Waals surface area contributed by atoms with Gasteiger partial charge in [0.1, 0.15) is 13.1 Å². The zero-order chi connectivity index (χ0) is 13.0. The molecule has 0 saturated carbocycles. The van der Waals surface area contributed by atoms with E-state index in [4.69, 9.17) is 0 Å². The number of halogens is 2. The summed E-state index contributed by atoms with van der Waals surface area (Å²) in [5.41, 5.74) is 0. The molecule has 1 N–H and O–H groups in total. The second-order valence-corrected chi connectivity index (χ2v) is 6.94. The molecule has 0 aliphatic rings. The molecule has 0 aliphatic heterocycles. The van der Waals surface area contributed by atoms with Crippen molar-refractivity contribution in [3.63, 3.8) is 0 Å². The van der Waals surface area contributed by atoms with Gasteiger partial charge in [0.15, 0.2) is 6.10 Å². The topological polar surface area (TPSA) is 20.2 Å². The molecule has 0 rings (SSSR count). The van der Waals surface area contributed by atoms with Gasteiger partial charge >= 0.3 is 0 Å². The number of rotatable bonds is 7. The predicted octanol–water partition coefficient (Wildman–Crippen LogP) is -4.82. The van der Waals surface area contributed by atoms with E-state index in [0.29, 0.717) is 0 Å². The van der Waals surface area contributed by atoms with Gasteiger partial charge in [0.2, 0.25) is 0 Å². The number of aliphatic hydroxyl groups excluding tert-OH is 1. The van der Waals surface area contributed by atoms with E-state index in [0.717, 1.165) is 34.5 Å². The Morgan fingerprint density at radius 1 is 0.889 bits per heavy atom. The molecule has 0 spiro atoms. The summed E-state index contributed by atoms with van der Waals surface area (Å²) in [4.78, 5) is 0. The van der Waals surface area contributed by atoms with Crippen LogP contribution in [-0.4, -0.2) is 75.0 Å². The van der Waals surface area contributed by atoms with E-state index in [-0.39, 0.29) is 30.9 Å². The number of hydrogen-bond donors (Lipinski definition) is 1. The third-order valence-corrected chi connectivity index (χ3v) is 2.97. The second-order valence-electron chi connectivity index (χ2n) is 6.94. The van der Waals surface area contributed by atoms with Crippen molar-refractivity contribution in [2.75, 3.05) is 54.9 Å². The lowest BCUT2D eigenvalue weighted by Crippen LogP contribution is -3.00. The first-order chi connectivity index (χ1) is 7.06. The fourth-order valence-corrected chi connectivity index (χ4v) is 2.31. The molecule has 0 aromatic rings. The van der Waals surface area contributed by atoms with E-state index in [1.54, 1.807) is 0 Å². The molecular formula is C13H32Cl2N2O. The minimum Gasteiger partial charge on any atom is -1.00 e. The van der Waals surface area contributed by atoms with Crippen molar-refractivity contribution in [2.45, 2.75) is 26.4 Å². The molecule has 3 nitrogen and oxygen atoms in total. The van der Waals surface area contributed by atoms with Crippen LogP contribution in [0.2, 0.25) is 0 Å². The third kappa shape index (κ3) is 12.9. The van der Waals surface area contributed by atoms with Crippen LogP contribution in [0.5, 0.6) is 0 Å². The average Bonchev–Trinajstić information content (AvgIpc) is 1.97. The Kier molecular flexibility index (Phi) is 12.3. The SMILES string of the molecule is CCC(C)C[N+](C)(C)CC(O)C[N+](C)(C)C.[Cl-].[Cl-]. The van der Waals surface area contributed by atoms with Crippen molar-refractivity contribution in [1.29, 1.82) is 0 Å². The van der Waals surface area contributed by atoms with Crippen LogP contribution in [0, 0.1) is 5.92 Å². The van der Waals surface area contributed by atoms with E-state index >= 15 is 0 Å². The van der Waals surface area contributed by atoms with Gasteiger partial charge in [-0.15, -0.1) is 0 Å². The van der Waals surface area contributed by atoms with Gasteiger partial charge in [-0.1, -0.05) is 13.8 Å². The largest absolute Gasteiger partial charge is 1.00 e. The standard InChI is InChI=1S/C13H32N2O.2ClH/c1-8-12(2)9-15(6,7)11-13(16)10-14(3,4)5;;/h12-13,16H,8-11H2,1-7H3;2*1H/q+2;;/p-2. The summed E-state index contributed by atoms with van der Waals surface area (Å²) in [6.07, 6.45) is 1.01. The van der Waals surface area contributed by atoms with Gasteiger partial charge in [0.25, 0.3) is 0 Å². The number of aliphatic hydroxyl groups is 1. The fraction of sp³-hybridized carbons (Fsp3) is 1.00. The Hall–Kier alpha value is 0.460. The van der Waals surface area contributed by atoms with Gasteiger partial charge in [-0.2, -0.15) is 0 Å². The highest BCUT2D eigenvalue weighted by molar-refractivity contribution is 4.54. The lowest BCUT2D eigenvalue weighted by atomic mass is 10.1. The van der Waals surface area contributed by atoms with Crippen LogP contribution in [-0.2, 0) is 0 Å². The van der Waals surface area contributed by atoms with Gasteiger partial charge in [-0.3, -0.25) is 0 Å². The Morgan fingerprint density at radius 2 is 1.33 bits per heavy atom. The summed E-state index contributed by atoms with van der Waals surface area (Å²) in [5.74, 6) is 0.728. The summed E-state index contributed by atoms with van der Waals surface area (Å²) in [5, 5.41) is 10.1. The minimum absolute atomic E-state index is 0. The Balaban J connectivity index is -0.00000112. The molecule has 0 saturated heterocycles. The number of hydrogen-bond acceptors (Lipinski definition) is 1. The molecule has 0 radical (unpaired) electrons. The first-order valence-electron chi connectivity index (χ1n) is 6.36. The molecule has 2 unspecified atom stereocenters. The number of nitrogens with zero attached hydrogens (tertiary/aromatic N) is 2. The highest BCUT2D eigenvalue weighted by Gasteiger charge is 2.26. The zero-order valence-corrected chi connectivity index (χ0v) is 14.6. The third-order valence-electron chi connectivity index (χ3n) is 2.97. The summed E-state index contributed by atoms with van der Waals surface area (Å²) >= 11 is 0. The van der Waals surface area contributed by atoms with E-state index in [9.17, 15) is 5.11 Å². The highest BCUT2D eigenvalue weighted by atomic mass is 35.5. The van der Waals surface area contributed by atoms with Gasteiger partial charge < -0.3 is 38.9 Å². The van der Waals surface area contributed by atoms with E-state index < -0.39 is 0 Å². The molecule has 0 heterocycles.